The number of benzene rings is 1. The number of hydrogen-bond donors (Lipinski definition) is 2. The molecule has 23 heavy (non-hydrogen) atoms. The highest BCUT2D eigenvalue weighted by Crippen LogP contribution is 2.10. The maximum Gasteiger partial charge on any atom is 0.253 e. The van der Waals surface area contributed by atoms with Crippen LogP contribution in [-0.4, -0.2) is 27.0 Å². The van der Waals surface area contributed by atoms with E-state index in [1.807, 2.05) is 24.3 Å². The minimum Gasteiger partial charge on any atom is -0.354 e. The number of para-hydroxylation sites is 2. The summed E-state index contributed by atoms with van der Waals surface area (Å²) in [4.78, 5) is 31.5. The van der Waals surface area contributed by atoms with Crippen molar-refractivity contribution >= 4 is 16.9 Å². The number of aromatic nitrogens is 3. The zero-order valence-corrected chi connectivity index (χ0v) is 12.9. The van der Waals surface area contributed by atoms with Crippen molar-refractivity contribution in [1.82, 2.24) is 19.9 Å². The Kier molecular flexibility index (Phi) is 4.23. The molecule has 118 valence electrons. The molecule has 0 aliphatic carbocycles. The predicted octanol–water partition coefficient (Wildman–Crippen LogP) is 1.39. The lowest BCUT2D eigenvalue weighted by molar-refractivity contribution is -0.121. The fraction of sp³-hybridized carbons (Fsp3) is 0.235. The fourth-order valence-corrected chi connectivity index (χ4v) is 2.44. The quantitative estimate of drug-likeness (QED) is 0.747. The summed E-state index contributed by atoms with van der Waals surface area (Å²) in [6.45, 7) is 2.23. The van der Waals surface area contributed by atoms with Crippen molar-refractivity contribution in [3.05, 3.63) is 64.3 Å². The van der Waals surface area contributed by atoms with E-state index in [0.717, 1.165) is 16.9 Å². The standard InChI is InChI=1S/C17H18N4O2/c1-12-5-4-10-21(17(12)23)11-16(22)18-9-8-15-19-13-6-2-3-7-14(13)20-15/h2-7,10H,8-9,11H2,1H3,(H,18,22)(H,19,20). The van der Waals surface area contributed by atoms with Crippen molar-refractivity contribution in [2.75, 3.05) is 6.54 Å². The molecule has 0 bridgehead atoms. The second kappa shape index (κ2) is 6.48. The number of fused-ring (bicyclic) bond motifs is 1. The zero-order valence-electron chi connectivity index (χ0n) is 12.9. The monoisotopic (exact) mass is 310 g/mol. The topological polar surface area (TPSA) is 79.8 Å². The van der Waals surface area contributed by atoms with Gasteiger partial charge >= 0.3 is 0 Å². The van der Waals surface area contributed by atoms with E-state index in [2.05, 4.69) is 15.3 Å². The number of hydrogen-bond acceptors (Lipinski definition) is 3. The number of H-pyrrole nitrogens is 1. The van der Waals surface area contributed by atoms with Gasteiger partial charge in [-0.05, 0) is 25.1 Å². The van der Waals surface area contributed by atoms with Crippen LogP contribution in [0.1, 0.15) is 11.4 Å². The molecule has 3 aromatic rings. The second-order valence-electron chi connectivity index (χ2n) is 5.42. The summed E-state index contributed by atoms with van der Waals surface area (Å²) in [6, 6.07) is 11.3. The molecule has 0 aliphatic heterocycles. The maximum atomic E-state index is 11.9. The van der Waals surface area contributed by atoms with Crippen molar-refractivity contribution in [2.45, 2.75) is 19.9 Å². The number of aromatic amines is 1. The number of amides is 1. The summed E-state index contributed by atoms with van der Waals surface area (Å²) in [7, 11) is 0. The van der Waals surface area contributed by atoms with Crippen molar-refractivity contribution in [1.29, 1.82) is 0 Å². The number of nitrogens with one attached hydrogen (secondary N) is 2. The summed E-state index contributed by atoms with van der Waals surface area (Å²) >= 11 is 0. The van der Waals surface area contributed by atoms with Crippen LogP contribution in [0.25, 0.3) is 11.0 Å². The third-order valence-electron chi connectivity index (χ3n) is 3.65. The van der Waals surface area contributed by atoms with Crippen LogP contribution >= 0.6 is 0 Å². The van der Waals surface area contributed by atoms with Gasteiger partial charge in [0.15, 0.2) is 0 Å². The van der Waals surface area contributed by atoms with Gasteiger partial charge in [0.1, 0.15) is 12.4 Å². The highest BCUT2D eigenvalue weighted by Gasteiger charge is 2.06. The Morgan fingerprint density at radius 2 is 2.09 bits per heavy atom. The van der Waals surface area contributed by atoms with E-state index >= 15 is 0 Å². The first-order chi connectivity index (χ1) is 11.1. The lowest BCUT2D eigenvalue weighted by Gasteiger charge is -2.07. The highest BCUT2D eigenvalue weighted by atomic mass is 16.2. The largest absolute Gasteiger partial charge is 0.354 e. The zero-order chi connectivity index (χ0) is 16.2. The molecule has 1 amide bonds. The molecule has 1 aromatic carbocycles. The maximum absolute atomic E-state index is 11.9. The molecule has 0 aliphatic rings. The number of rotatable bonds is 5. The summed E-state index contributed by atoms with van der Waals surface area (Å²) in [5.41, 5.74) is 2.39. The molecule has 2 N–H and O–H groups in total. The second-order valence-corrected chi connectivity index (χ2v) is 5.42. The van der Waals surface area contributed by atoms with Gasteiger partial charge in [-0.2, -0.15) is 0 Å². The number of carbonyl (C=O) groups is 1. The van der Waals surface area contributed by atoms with Gasteiger partial charge < -0.3 is 14.9 Å². The smallest absolute Gasteiger partial charge is 0.253 e. The Balaban J connectivity index is 1.55. The molecule has 0 saturated heterocycles. The molecule has 0 unspecified atom stereocenters. The average molecular weight is 310 g/mol. The minimum absolute atomic E-state index is 0.0284. The number of nitrogens with zero attached hydrogens (tertiary/aromatic N) is 2. The van der Waals surface area contributed by atoms with E-state index in [-0.39, 0.29) is 18.0 Å². The molecule has 0 radical (unpaired) electrons. The number of imidazole rings is 1. The molecule has 0 atom stereocenters. The summed E-state index contributed by atoms with van der Waals surface area (Å²) in [6.07, 6.45) is 2.23. The lowest BCUT2D eigenvalue weighted by atomic mass is 10.3. The number of aryl methyl sites for hydroxylation is 1. The molecule has 0 fully saturated rings. The number of carbonyl (C=O) groups excluding carboxylic acids is 1. The third kappa shape index (κ3) is 3.48. The van der Waals surface area contributed by atoms with E-state index in [9.17, 15) is 9.59 Å². The van der Waals surface area contributed by atoms with Gasteiger partial charge in [0, 0.05) is 24.7 Å². The van der Waals surface area contributed by atoms with Crippen LogP contribution in [-0.2, 0) is 17.8 Å². The Labute approximate surface area is 133 Å². The Morgan fingerprint density at radius 3 is 2.91 bits per heavy atom. The van der Waals surface area contributed by atoms with Crippen LogP contribution in [0.3, 0.4) is 0 Å². The first kappa shape index (κ1) is 15.0. The Morgan fingerprint density at radius 1 is 1.26 bits per heavy atom. The number of pyridine rings is 1. The lowest BCUT2D eigenvalue weighted by Crippen LogP contribution is -2.33. The van der Waals surface area contributed by atoms with E-state index in [1.54, 1.807) is 25.3 Å². The van der Waals surface area contributed by atoms with Gasteiger partial charge in [-0.25, -0.2) is 4.98 Å². The summed E-state index contributed by atoms with van der Waals surface area (Å²) < 4.78 is 1.41. The predicted molar refractivity (Wildman–Crippen MR) is 88.2 cm³/mol. The molecule has 3 rings (SSSR count). The molecule has 2 aromatic heterocycles. The molecule has 6 heteroatoms. The van der Waals surface area contributed by atoms with E-state index in [1.165, 1.54) is 4.57 Å². The fourth-order valence-electron chi connectivity index (χ4n) is 2.44. The van der Waals surface area contributed by atoms with Crippen molar-refractivity contribution in [2.24, 2.45) is 0 Å². The van der Waals surface area contributed by atoms with Gasteiger partial charge in [0.25, 0.3) is 5.56 Å². The normalized spacial score (nSPS) is 10.8. The molecular formula is C17H18N4O2. The first-order valence-electron chi connectivity index (χ1n) is 7.50. The van der Waals surface area contributed by atoms with Gasteiger partial charge in [-0.1, -0.05) is 18.2 Å². The summed E-state index contributed by atoms with van der Waals surface area (Å²) in [5, 5.41) is 2.81. The van der Waals surface area contributed by atoms with E-state index < -0.39 is 0 Å². The van der Waals surface area contributed by atoms with Gasteiger partial charge in [0.2, 0.25) is 5.91 Å². The van der Waals surface area contributed by atoms with E-state index in [4.69, 9.17) is 0 Å². The van der Waals surface area contributed by atoms with Crippen LogP contribution in [0.15, 0.2) is 47.4 Å². The van der Waals surface area contributed by atoms with Crippen LogP contribution in [0.5, 0.6) is 0 Å². The Hall–Kier alpha value is -2.89. The van der Waals surface area contributed by atoms with Gasteiger partial charge in [-0.15, -0.1) is 0 Å². The molecule has 0 saturated carbocycles. The molecule has 2 heterocycles. The summed E-state index contributed by atoms with van der Waals surface area (Å²) in [5.74, 6) is 0.646. The molecule has 6 nitrogen and oxygen atoms in total. The average Bonchev–Trinajstić information content (AvgIpc) is 2.94. The van der Waals surface area contributed by atoms with E-state index in [0.29, 0.717) is 18.5 Å². The van der Waals surface area contributed by atoms with Crippen molar-refractivity contribution in [3.8, 4) is 0 Å². The third-order valence-corrected chi connectivity index (χ3v) is 3.65. The van der Waals surface area contributed by atoms with Crippen LogP contribution < -0.4 is 10.9 Å². The first-order valence-corrected chi connectivity index (χ1v) is 7.50. The SMILES string of the molecule is Cc1cccn(CC(=O)NCCc2nc3ccccc3[nH]2)c1=O. The Bertz CT molecular complexity index is 862. The minimum atomic E-state index is -0.186. The van der Waals surface area contributed by atoms with Crippen LogP contribution in [0.2, 0.25) is 0 Å². The molecule has 0 spiro atoms. The van der Waals surface area contributed by atoms with Gasteiger partial charge in [-0.3, -0.25) is 9.59 Å². The van der Waals surface area contributed by atoms with Crippen LogP contribution in [0, 0.1) is 6.92 Å². The molecular weight excluding hydrogens is 292 g/mol. The van der Waals surface area contributed by atoms with Crippen molar-refractivity contribution < 1.29 is 4.79 Å². The van der Waals surface area contributed by atoms with Gasteiger partial charge in [0.05, 0.1) is 11.0 Å². The van der Waals surface area contributed by atoms with Crippen LogP contribution in [0.4, 0.5) is 0 Å². The highest BCUT2D eigenvalue weighted by molar-refractivity contribution is 5.76. The van der Waals surface area contributed by atoms with Crippen molar-refractivity contribution in [3.63, 3.8) is 0 Å².